The second-order valence-corrected chi connectivity index (χ2v) is 15.9. The number of esters is 4. The molecule has 0 bridgehead atoms. The van der Waals surface area contributed by atoms with Crippen LogP contribution in [0.2, 0.25) is 30.1 Å². The maximum absolute atomic E-state index is 13.2. The zero-order valence-electron chi connectivity index (χ0n) is 26.9. The van der Waals surface area contributed by atoms with Gasteiger partial charge in [-0.3, -0.25) is 0 Å². The summed E-state index contributed by atoms with van der Waals surface area (Å²) in [6, 6.07) is 2.26. The summed E-state index contributed by atoms with van der Waals surface area (Å²) >= 11 is 37.5. The molecule has 0 radical (unpaired) electrons. The molecule has 0 amide bonds. The fourth-order valence-electron chi connectivity index (χ4n) is 5.74. The molecule has 2 saturated carbocycles. The van der Waals surface area contributed by atoms with E-state index < -0.39 is 46.5 Å². The third-order valence-corrected chi connectivity index (χ3v) is 11.7. The van der Waals surface area contributed by atoms with Crippen LogP contribution in [-0.4, -0.2) is 37.1 Å². The van der Waals surface area contributed by atoms with Crippen LogP contribution in [0.3, 0.4) is 0 Å². The summed E-state index contributed by atoms with van der Waals surface area (Å²) in [4.78, 5) is 52.4. The topological polar surface area (TPSA) is 105 Å². The first-order valence-electron chi connectivity index (χ1n) is 15.6. The minimum absolute atomic E-state index is 0.0466. The fourth-order valence-corrected chi connectivity index (χ4v) is 7.17. The van der Waals surface area contributed by atoms with Crippen LogP contribution in [0.25, 0.3) is 0 Å². The highest BCUT2D eigenvalue weighted by molar-refractivity contribution is 6.47. The molecular formula is C34H36Cl6O8. The molecule has 0 aliphatic heterocycles. The van der Waals surface area contributed by atoms with Gasteiger partial charge in [-0.2, -0.15) is 0 Å². The van der Waals surface area contributed by atoms with Crippen LogP contribution < -0.4 is 9.47 Å². The van der Waals surface area contributed by atoms with Crippen LogP contribution in [0, 0.1) is 22.7 Å². The molecule has 8 nitrogen and oxygen atoms in total. The Balaban J connectivity index is 1.49. The predicted molar refractivity (Wildman–Crippen MR) is 186 cm³/mol. The zero-order chi connectivity index (χ0) is 35.6. The number of ether oxygens (including phenoxy) is 4. The van der Waals surface area contributed by atoms with E-state index in [4.69, 9.17) is 88.6 Å². The Morgan fingerprint density at radius 3 is 1.23 bits per heavy atom. The molecule has 2 fully saturated rings. The van der Waals surface area contributed by atoms with Crippen molar-refractivity contribution >= 4 is 93.5 Å². The molecule has 4 rings (SSSR count). The Hall–Kier alpha value is -1.94. The van der Waals surface area contributed by atoms with E-state index in [0.717, 1.165) is 37.8 Å². The molecule has 48 heavy (non-hydrogen) atoms. The van der Waals surface area contributed by atoms with Gasteiger partial charge in [0.05, 0.1) is 43.3 Å². The molecule has 0 unspecified atom stereocenters. The van der Waals surface area contributed by atoms with Crippen LogP contribution in [0.1, 0.15) is 99.8 Å². The molecule has 0 atom stereocenters. The predicted octanol–water partition coefficient (Wildman–Crippen LogP) is 10.9. The zero-order valence-corrected chi connectivity index (χ0v) is 31.4. The summed E-state index contributed by atoms with van der Waals surface area (Å²) in [5, 5.41) is -1.47. The summed E-state index contributed by atoms with van der Waals surface area (Å²) in [7, 11) is 0. The van der Waals surface area contributed by atoms with Gasteiger partial charge in [0.2, 0.25) is 0 Å². The highest BCUT2D eigenvalue weighted by Gasteiger charge is 2.36. The maximum Gasteiger partial charge on any atom is 0.423 e. The lowest BCUT2D eigenvalue weighted by molar-refractivity contribution is -0.156. The van der Waals surface area contributed by atoms with Crippen LogP contribution in [-0.2, 0) is 19.1 Å². The van der Waals surface area contributed by atoms with Gasteiger partial charge in [-0.15, -0.1) is 0 Å². The molecule has 2 aromatic carbocycles. The van der Waals surface area contributed by atoms with Crippen LogP contribution in [0.5, 0.6) is 11.5 Å². The molecule has 14 heteroatoms. The van der Waals surface area contributed by atoms with E-state index in [2.05, 4.69) is 27.7 Å². The average molecular weight is 785 g/mol. The Bertz CT molecular complexity index is 1480. The van der Waals surface area contributed by atoms with Crippen LogP contribution in [0.4, 0.5) is 0 Å². The van der Waals surface area contributed by atoms with Gasteiger partial charge in [-0.1, -0.05) is 110 Å². The second-order valence-electron chi connectivity index (χ2n) is 13.5. The van der Waals surface area contributed by atoms with Crippen molar-refractivity contribution in [2.45, 2.75) is 79.1 Å². The summed E-state index contributed by atoms with van der Waals surface area (Å²) in [6.07, 6.45) is 7.94. The van der Waals surface area contributed by atoms with Crippen molar-refractivity contribution in [2.75, 3.05) is 13.2 Å². The van der Waals surface area contributed by atoms with E-state index in [-0.39, 0.29) is 54.2 Å². The molecule has 2 aromatic rings. The molecule has 0 saturated heterocycles. The summed E-state index contributed by atoms with van der Waals surface area (Å²) < 4.78 is 21.3. The van der Waals surface area contributed by atoms with E-state index in [9.17, 15) is 19.2 Å². The lowest BCUT2D eigenvalue weighted by Gasteiger charge is -2.40. The number of rotatable bonds is 12. The van der Waals surface area contributed by atoms with Crippen molar-refractivity contribution in [1.82, 2.24) is 0 Å². The molecule has 2 aliphatic rings. The first kappa shape index (κ1) is 38.9. The molecule has 0 N–H and O–H groups in total. The van der Waals surface area contributed by atoms with E-state index in [1.165, 1.54) is 12.8 Å². The van der Waals surface area contributed by atoms with Crippen molar-refractivity contribution in [3.8, 4) is 11.5 Å². The van der Waals surface area contributed by atoms with Crippen LogP contribution in [0.15, 0.2) is 12.1 Å². The Kier molecular flexibility index (Phi) is 12.9. The van der Waals surface area contributed by atoms with Crippen molar-refractivity contribution in [1.29, 1.82) is 0 Å². The first-order valence-corrected chi connectivity index (χ1v) is 17.8. The first-order chi connectivity index (χ1) is 22.4. The average Bonchev–Trinajstić information content (AvgIpc) is 2.91. The Labute approximate surface area is 309 Å². The van der Waals surface area contributed by atoms with Gasteiger partial charge in [0.15, 0.2) is 11.5 Å². The van der Waals surface area contributed by atoms with Gasteiger partial charge in [0, 0.05) is 0 Å². The number of carbonyl (C=O) groups excluding carboxylic acids is 4. The third kappa shape index (κ3) is 8.85. The highest BCUT2D eigenvalue weighted by atomic mass is 35.5. The standard InChI is InChI=1S/C34H36Cl6O8/c1-33(2,17-7-5-8-17)11-13-45-29(41)23-25(39)19(35)15-21(37)27(23)47-31(43)32(44)48-28-22(38)16-20(36)26(40)24(28)30(42)46-14-12-34(3,4)18-9-6-10-18/h15-18H,5-14H2,1-4H3. The van der Waals surface area contributed by atoms with Gasteiger partial charge in [0.1, 0.15) is 11.1 Å². The molecule has 0 spiro atoms. The van der Waals surface area contributed by atoms with Gasteiger partial charge in [-0.05, 0) is 73.3 Å². The third-order valence-electron chi connectivity index (χ3n) is 9.60. The number of hydrogen-bond acceptors (Lipinski definition) is 8. The lowest BCUT2D eigenvalue weighted by Crippen LogP contribution is -2.31. The lowest BCUT2D eigenvalue weighted by atomic mass is 9.66. The van der Waals surface area contributed by atoms with Gasteiger partial charge >= 0.3 is 23.9 Å². The maximum atomic E-state index is 13.2. The number of benzene rings is 2. The Morgan fingerprint density at radius 2 is 0.938 bits per heavy atom. The quantitative estimate of drug-likeness (QED) is 0.0907. The molecular weight excluding hydrogens is 749 g/mol. The molecule has 262 valence electrons. The van der Waals surface area contributed by atoms with Crippen LogP contribution >= 0.6 is 69.6 Å². The van der Waals surface area contributed by atoms with E-state index in [0.29, 0.717) is 24.7 Å². The molecule has 2 aliphatic carbocycles. The van der Waals surface area contributed by atoms with Gasteiger partial charge in [-0.25, -0.2) is 19.2 Å². The van der Waals surface area contributed by atoms with Crippen molar-refractivity contribution in [2.24, 2.45) is 22.7 Å². The number of halogens is 6. The second kappa shape index (κ2) is 15.9. The fraction of sp³-hybridized carbons (Fsp3) is 0.529. The largest absolute Gasteiger partial charge is 0.462 e. The van der Waals surface area contributed by atoms with Crippen molar-refractivity contribution in [3.63, 3.8) is 0 Å². The molecule has 0 heterocycles. The number of carbonyl (C=O) groups is 4. The van der Waals surface area contributed by atoms with Gasteiger partial charge < -0.3 is 18.9 Å². The van der Waals surface area contributed by atoms with Gasteiger partial charge in [0.25, 0.3) is 0 Å². The van der Waals surface area contributed by atoms with E-state index in [1.54, 1.807) is 0 Å². The Morgan fingerprint density at radius 1 is 0.604 bits per heavy atom. The minimum Gasteiger partial charge on any atom is -0.462 e. The van der Waals surface area contributed by atoms with Crippen molar-refractivity contribution < 1.29 is 38.1 Å². The molecule has 0 aromatic heterocycles. The summed E-state index contributed by atoms with van der Waals surface area (Å²) in [6.45, 7) is 8.52. The van der Waals surface area contributed by atoms with Crippen molar-refractivity contribution in [3.05, 3.63) is 53.4 Å². The van der Waals surface area contributed by atoms with E-state index >= 15 is 0 Å². The number of hydrogen-bond donors (Lipinski definition) is 0. The SMILES string of the molecule is CC(C)(CCOC(=O)c1c(Cl)c(Cl)cc(Cl)c1OC(=O)C(=O)Oc1c(Cl)cc(Cl)c(Cl)c1C(=O)OCCC(C)(C)C1CCC1)C1CCC1. The normalized spacial score (nSPS) is 15.3. The monoisotopic (exact) mass is 782 g/mol. The van der Waals surface area contributed by atoms with E-state index in [1.807, 2.05) is 0 Å². The minimum atomic E-state index is -1.64. The summed E-state index contributed by atoms with van der Waals surface area (Å²) in [5.74, 6) is -5.32. The smallest absolute Gasteiger partial charge is 0.423 e. The highest BCUT2D eigenvalue weighted by Crippen LogP contribution is 2.46. The summed E-state index contributed by atoms with van der Waals surface area (Å²) in [5.41, 5.74) is -1.04.